The molecule has 3 rings (SSSR count). The fourth-order valence-electron chi connectivity index (χ4n) is 2.17. The third-order valence-corrected chi connectivity index (χ3v) is 4.20. The smallest absolute Gasteiger partial charge is 0.262 e. The summed E-state index contributed by atoms with van der Waals surface area (Å²) in [6, 6.07) is 5.77. The molecule has 23 heavy (non-hydrogen) atoms. The Labute approximate surface area is 140 Å². The molecule has 0 bridgehead atoms. The first kappa shape index (κ1) is 15.6. The van der Waals surface area contributed by atoms with Crippen molar-refractivity contribution in [1.82, 2.24) is 9.55 Å². The Hall–Kier alpha value is -2.31. The van der Waals surface area contributed by atoms with Crippen molar-refractivity contribution in [3.8, 4) is 0 Å². The summed E-state index contributed by atoms with van der Waals surface area (Å²) in [7, 11) is 1.57. The fourth-order valence-corrected chi connectivity index (χ4v) is 2.66. The monoisotopic (exact) mass is 352 g/mol. The Bertz CT molecular complexity index is 987. The first-order chi connectivity index (χ1) is 10.9. The fraction of sp³-hybridized carbons (Fsp3) is 0.0667. The van der Waals surface area contributed by atoms with Crippen LogP contribution in [0.15, 0.2) is 35.4 Å². The van der Waals surface area contributed by atoms with E-state index in [1.54, 1.807) is 19.2 Å². The van der Waals surface area contributed by atoms with E-state index >= 15 is 0 Å². The lowest BCUT2D eigenvalue weighted by Crippen LogP contribution is -2.17. The molecule has 1 aromatic heterocycles. The highest BCUT2D eigenvalue weighted by atomic mass is 35.5. The number of nitrogens with two attached hydrogens (primary N) is 1. The largest absolute Gasteiger partial charge is 0.397 e. The van der Waals surface area contributed by atoms with E-state index < -0.39 is 5.82 Å². The molecule has 0 aliphatic carbocycles. The topological polar surface area (TPSA) is 72.9 Å². The number of anilines is 3. The van der Waals surface area contributed by atoms with E-state index in [4.69, 9.17) is 28.9 Å². The number of aryl methyl sites for hydroxylation is 1. The van der Waals surface area contributed by atoms with Gasteiger partial charge in [-0.05, 0) is 24.3 Å². The first-order valence-corrected chi connectivity index (χ1v) is 7.30. The molecule has 0 radical (unpaired) electrons. The molecule has 0 aliphatic rings. The van der Waals surface area contributed by atoms with Gasteiger partial charge in [0, 0.05) is 7.05 Å². The maximum absolute atomic E-state index is 14.0. The standard InChI is InChI=1S/C15H11Cl2FN4O/c1-22-6-20-9-4-5-10(13(17)11(9)15(22)23)21-14-7(18)2-3-8(19)12(14)16/h2-6,21H,19H2,1H3. The number of fused-ring (bicyclic) bond motifs is 1. The lowest BCUT2D eigenvalue weighted by atomic mass is 10.2. The number of rotatable bonds is 2. The van der Waals surface area contributed by atoms with E-state index in [9.17, 15) is 9.18 Å². The molecule has 0 unspecified atom stereocenters. The number of aromatic nitrogens is 2. The molecule has 0 spiro atoms. The molecule has 8 heteroatoms. The van der Waals surface area contributed by atoms with E-state index in [1.807, 2.05) is 0 Å². The van der Waals surface area contributed by atoms with Crippen LogP contribution in [-0.2, 0) is 7.05 Å². The van der Waals surface area contributed by atoms with Gasteiger partial charge in [-0.25, -0.2) is 9.37 Å². The number of benzene rings is 2. The number of halogens is 3. The second-order valence-corrected chi connectivity index (χ2v) is 5.69. The number of nitrogen functional groups attached to an aromatic ring is 1. The van der Waals surface area contributed by atoms with Crippen LogP contribution >= 0.6 is 23.2 Å². The lowest BCUT2D eigenvalue weighted by molar-refractivity contribution is 0.632. The van der Waals surface area contributed by atoms with Crippen LogP contribution in [0.4, 0.5) is 21.5 Å². The second-order valence-electron chi connectivity index (χ2n) is 4.93. The zero-order chi connectivity index (χ0) is 16.7. The summed E-state index contributed by atoms with van der Waals surface area (Å²) >= 11 is 12.3. The van der Waals surface area contributed by atoms with Gasteiger partial charge in [0.15, 0.2) is 0 Å². The molecule has 2 aromatic carbocycles. The molecule has 118 valence electrons. The zero-order valence-corrected chi connectivity index (χ0v) is 13.4. The van der Waals surface area contributed by atoms with Gasteiger partial charge < -0.3 is 15.6 Å². The van der Waals surface area contributed by atoms with Crippen molar-refractivity contribution in [3.63, 3.8) is 0 Å². The number of nitrogens with one attached hydrogen (secondary N) is 1. The van der Waals surface area contributed by atoms with Gasteiger partial charge in [-0.3, -0.25) is 4.79 Å². The summed E-state index contributed by atoms with van der Waals surface area (Å²) in [6.07, 6.45) is 1.41. The van der Waals surface area contributed by atoms with Gasteiger partial charge in [0.1, 0.15) is 5.82 Å². The highest BCUT2D eigenvalue weighted by Gasteiger charge is 2.15. The van der Waals surface area contributed by atoms with Gasteiger partial charge in [0.05, 0.1) is 44.3 Å². The van der Waals surface area contributed by atoms with E-state index in [0.29, 0.717) is 11.2 Å². The summed E-state index contributed by atoms with van der Waals surface area (Å²) in [6.45, 7) is 0. The predicted molar refractivity (Wildman–Crippen MR) is 91.1 cm³/mol. The van der Waals surface area contributed by atoms with Gasteiger partial charge in [0.25, 0.3) is 5.56 Å². The van der Waals surface area contributed by atoms with Gasteiger partial charge in [-0.15, -0.1) is 0 Å². The Morgan fingerprint density at radius 2 is 1.96 bits per heavy atom. The zero-order valence-electron chi connectivity index (χ0n) is 11.9. The maximum atomic E-state index is 14.0. The Balaban J connectivity index is 2.19. The average Bonchev–Trinajstić information content (AvgIpc) is 2.53. The molecule has 1 heterocycles. The lowest BCUT2D eigenvalue weighted by Gasteiger charge is -2.13. The summed E-state index contributed by atoms with van der Waals surface area (Å²) in [5, 5.41) is 3.21. The summed E-state index contributed by atoms with van der Waals surface area (Å²) in [5.74, 6) is -0.584. The molecular weight excluding hydrogens is 342 g/mol. The minimum absolute atomic E-state index is 0.00590. The van der Waals surface area contributed by atoms with E-state index in [1.165, 1.54) is 23.0 Å². The minimum Gasteiger partial charge on any atom is -0.397 e. The van der Waals surface area contributed by atoms with Crippen LogP contribution in [0.3, 0.4) is 0 Å². The van der Waals surface area contributed by atoms with Crippen LogP contribution in [0, 0.1) is 5.82 Å². The maximum Gasteiger partial charge on any atom is 0.262 e. The van der Waals surface area contributed by atoms with Gasteiger partial charge in [-0.1, -0.05) is 23.2 Å². The minimum atomic E-state index is -0.584. The Kier molecular flexibility index (Phi) is 3.87. The normalized spacial score (nSPS) is 11.0. The van der Waals surface area contributed by atoms with Crippen LogP contribution in [0.5, 0.6) is 0 Å². The van der Waals surface area contributed by atoms with Crippen LogP contribution in [0.25, 0.3) is 10.9 Å². The molecule has 0 fully saturated rings. The number of nitrogens with zero attached hydrogens (tertiary/aromatic N) is 2. The van der Waals surface area contributed by atoms with E-state index in [0.717, 1.165) is 0 Å². The van der Waals surface area contributed by atoms with Crippen LogP contribution in [0.2, 0.25) is 10.0 Å². The Morgan fingerprint density at radius 1 is 1.22 bits per heavy atom. The van der Waals surface area contributed by atoms with Crippen molar-refractivity contribution >= 4 is 51.2 Å². The SMILES string of the molecule is Cn1cnc2ccc(Nc3c(F)ccc(N)c3Cl)c(Cl)c2c1=O. The number of hydrogen-bond acceptors (Lipinski definition) is 4. The second kappa shape index (κ2) is 5.72. The van der Waals surface area contributed by atoms with E-state index in [2.05, 4.69) is 10.3 Å². The summed E-state index contributed by atoms with van der Waals surface area (Å²) in [4.78, 5) is 16.4. The first-order valence-electron chi connectivity index (χ1n) is 6.54. The van der Waals surface area contributed by atoms with Gasteiger partial charge in [0.2, 0.25) is 0 Å². The van der Waals surface area contributed by atoms with Gasteiger partial charge in [-0.2, -0.15) is 0 Å². The van der Waals surface area contributed by atoms with Crippen LogP contribution < -0.4 is 16.6 Å². The van der Waals surface area contributed by atoms with Crippen molar-refractivity contribution in [2.24, 2.45) is 7.05 Å². The molecule has 0 amide bonds. The van der Waals surface area contributed by atoms with Crippen molar-refractivity contribution in [2.45, 2.75) is 0 Å². The van der Waals surface area contributed by atoms with Crippen LogP contribution in [0.1, 0.15) is 0 Å². The quantitative estimate of drug-likeness (QED) is 0.689. The summed E-state index contributed by atoms with van der Waals surface area (Å²) < 4.78 is 15.3. The van der Waals surface area contributed by atoms with Crippen molar-refractivity contribution < 1.29 is 4.39 Å². The summed E-state index contributed by atoms with van der Waals surface area (Å²) in [5.41, 5.74) is 6.38. The molecule has 3 aromatic rings. The third kappa shape index (κ3) is 2.60. The van der Waals surface area contributed by atoms with Crippen molar-refractivity contribution in [2.75, 3.05) is 11.1 Å². The Morgan fingerprint density at radius 3 is 2.70 bits per heavy atom. The molecular formula is C15H11Cl2FN4O. The van der Waals surface area contributed by atoms with E-state index in [-0.39, 0.29) is 32.4 Å². The van der Waals surface area contributed by atoms with Crippen LogP contribution in [-0.4, -0.2) is 9.55 Å². The van der Waals surface area contributed by atoms with Crippen molar-refractivity contribution in [3.05, 3.63) is 56.8 Å². The molecule has 0 atom stereocenters. The molecule has 0 aliphatic heterocycles. The molecule has 3 N–H and O–H groups in total. The van der Waals surface area contributed by atoms with Crippen molar-refractivity contribution in [1.29, 1.82) is 0 Å². The number of hydrogen-bond donors (Lipinski definition) is 2. The van der Waals surface area contributed by atoms with Gasteiger partial charge >= 0.3 is 0 Å². The third-order valence-electron chi connectivity index (χ3n) is 3.40. The average molecular weight is 353 g/mol. The molecule has 0 saturated carbocycles. The highest BCUT2D eigenvalue weighted by Crippen LogP contribution is 2.36. The molecule has 5 nitrogen and oxygen atoms in total. The molecule has 0 saturated heterocycles. The highest BCUT2D eigenvalue weighted by molar-refractivity contribution is 6.39. The predicted octanol–water partition coefficient (Wildman–Crippen LogP) is 3.71.